The summed E-state index contributed by atoms with van der Waals surface area (Å²) >= 11 is 0. The Bertz CT molecular complexity index is 542. The summed E-state index contributed by atoms with van der Waals surface area (Å²) in [6.07, 6.45) is 0.0130. The normalized spacial score (nSPS) is 13.4. The lowest BCUT2D eigenvalue weighted by Gasteiger charge is -2.20. The molecule has 0 aliphatic rings. The van der Waals surface area contributed by atoms with Crippen LogP contribution in [0.2, 0.25) is 0 Å². The topological polar surface area (TPSA) is 46.2 Å². The largest absolute Gasteiger partial charge is 0.391 e. The molecule has 2 aromatic carbocycles. The van der Waals surface area contributed by atoms with Gasteiger partial charge in [-0.25, -0.2) is 0 Å². The van der Waals surface area contributed by atoms with Crippen LogP contribution in [0, 0.1) is 13.8 Å². The van der Waals surface area contributed by atoms with Gasteiger partial charge in [0, 0.05) is 6.42 Å². The molecule has 0 aliphatic heterocycles. The van der Waals surface area contributed by atoms with Crippen LogP contribution in [-0.2, 0) is 6.42 Å². The van der Waals surface area contributed by atoms with Gasteiger partial charge in [0.2, 0.25) is 0 Å². The smallest absolute Gasteiger partial charge is 0.0773 e. The van der Waals surface area contributed by atoms with Crippen molar-refractivity contribution >= 4 is 12.4 Å². The van der Waals surface area contributed by atoms with Gasteiger partial charge in [-0.1, -0.05) is 48.5 Å². The maximum Gasteiger partial charge on any atom is 0.0773 e. The molecule has 0 radical (unpaired) electrons. The van der Waals surface area contributed by atoms with Crippen LogP contribution in [0.4, 0.5) is 0 Å². The molecule has 3 heteroatoms. The molecule has 0 saturated heterocycles. The molecule has 0 aliphatic carbocycles. The number of hydrogen-bond acceptors (Lipinski definition) is 2. The summed E-state index contributed by atoms with van der Waals surface area (Å²) in [6.45, 7) is 4.14. The molecule has 0 fully saturated rings. The van der Waals surface area contributed by atoms with Crippen molar-refractivity contribution in [3.8, 4) is 0 Å². The van der Waals surface area contributed by atoms with Crippen molar-refractivity contribution < 1.29 is 5.11 Å². The van der Waals surface area contributed by atoms with E-state index < -0.39 is 6.10 Å². The monoisotopic (exact) mass is 291 g/mol. The first-order chi connectivity index (χ1) is 9.08. The van der Waals surface area contributed by atoms with Gasteiger partial charge in [-0.2, -0.15) is 0 Å². The lowest BCUT2D eigenvalue weighted by atomic mass is 9.94. The summed E-state index contributed by atoms with van der Waals surface area (Å²) in [4.78, 5) is 0. The molecule has 0 heterocycles. The molecule has 2 aromatic rings. The number of hydrogen-bond donors (Lipinski definition) is 2. The van der Waals surface area contributed by atoms with Crippen LogP contribution in [0.3, 0.4) is 0 Å². The number of aryl methyl sites for hydroxylation is 2. The van der Waals surface area contributed by atoms with Gasteiger partial charge in [0.15, 0.2) is 0 Å². The molecule has 0 amide bonds. The minimum atomic E-state index is -0.565. The maximum absolute atomic E-state index is 10.3. The molecule has 2 nitrogen and oxygen atoms in total. The third-order valence-corrected chi connectivity index (χ3v) is 3.62. The Hall–Kier alpha value is -1.35. The second-order valence-electron chi connectivity index (χ2n) is 5.13. The highest BCUT2D eigenvalue weighted by Crippen LogP contribution is 2.20. The molecule has 2 rings (SSSR count). The third kappa shape index (κ3) is 4.07. The molecule has 0 bridgehead atoms. The Kier molecular flexibility index (Phi) is 6.21. The summed E-state index contributed by atoms with van der Waals surface area (Å²) in [5.74, 6) is 0. The van der Waals surface area contributed by atoms with Crippen molar-refractivity contribution in [1.82, 2.24) is 0 Å². The summed E-state index contributed by atoms with van der Waals surface area (Å²) in [6, 6.07) is 15.7. The minimum absolute atomic E-state index is 0. The standard InChI is InChI=1S/C17H21NO.ClH/c1-12-8-9-15(10-13(12)2)17(18)16(19)11-14-6-4-3-5-7-14;/h3-10,16-17,19H,11,18H2,1-2H3;1H/t16-,17+;/m0./s1. The van der Waals surface area contributed by atoms with E-state index in [2.05, 4.69) is 26.0 Å². The molecule has 0 unspecified atom stereocenters. The van der Waals surface area contributed by atoms with Crippen LogP contribution >= 0.6 is 12.4 Å². The minimum Gasteiger partial charge on any atom is -0.391 e. The predicted octanol–water partition coefficient (Wildman–Crippen LogP) is 3.33. The molecule has 0 aromatic heterocycles. The molecule has 0 saturated carbocycles. The van der Waals surface area contributed by atoms with Gasteiger partial charge >= 0.3 is 0 Å². The lowest BCUT2D eigenvalue weighted by Crippen LogP contribution is -2.28. The van der Waals surface area contributed by atoms with Crippen molar-refractivity contribution in [3.05, 3.63) is 70.8 Å². The average molecular weight is 292 g/mol. The first-order valence-corrected chi connectivity index (χ1v) is 6.62. The van der Waals surface area contributed by atoms with Crippen LogP contribution in [0.5, 0.6) is 0 Å². The Morgan fingerprint density at radius 2 is 1.65 bits per heavy atom. The molecule has 3 N–H and O–H groups in total. The van der Waals surface area contributed by atoms with Crippen LogP contribution < -0.4 is 5.73 Å². The highest BCUT2D eigenvalue weighted by atomic mass is 35.5. The van der Waals surface area contributed by atoms with Gasteiger partial charge < -0.3 is 10.8 Å². The number of halogens is 1. The van der Waals surface area contributed by atoms with E-state index in [-0.39, 0.29) is 18.4 Å². The van der Waals surface area contributed by atoms with E-state index in [1.165, 1.54) is 11.1 Å². The Morgan fingerprint density at radius 3 is 2.25 bits per heavy atom. The first-order valence-electron chi connectivity index (χ1n) is 6.62. The zero-order chi connectivity index (χ0) is 13.8. The number of nitrogens with two attached hydrogens (primary N) is 1. The van der Waals surface area contributed by atoms with Crippen LogP contribution in [0.15, 0.2) is 48.5 Å². The fourth-order valence-corrected chi connectivity index (χ4v) is 2.18. The zero-order valence-corrected chi connectivity index (χ0v) is 12.7. The van der Waals surface area contributed by atoms with Gasteiger partial charge in [-0.3, -0.25) is 0 Å². The number of benzene rings is 2. The van der Waals surface area contributed by atoms with Gasteiger partial charge in [0.25, 0.3) is 0 Å². The lowest BCUT2D eigenvalue weighted by molar-refractivity contribution is 0.145. The van der Waals surface area contributed by atoms with Crippen molar-refractivity contribution in [2.75, 3.05) is 0 Å². The van der Waals surface area contributed by atoms with E-state index >= 15 is 0 Å². The SMILES string of the molecule is Cc1ccc([C@@H](N)[C@@H](O)Cc2ccccc2)cc1C.Cl. The van der Waals surface area contributed by atoms with Gasteiger partial charge in [-0.05, 0) is 36.1 Å². The fraction of sp³-hybridized carbons (Fsp3) is 0.294. The van der Waals surface area contributed by atoms with Crippen molar-refractivity contribution in [3.63, 3.8) is 0 Å². The summed E-state index contributed by atoms with van der Waals surface area (Å²) in [5.41, 5.74) is 10.7. The van der Waals surface area contributed by atoms with Crippen molar-refractivity contribution in [2.45, 2.75) is 32.4 Å². The number of rotatable bonds is 4. The second-order valence-corrected chi connectivity index (χ2v) is 5.13. The molecular weight excluding hydrogens is 270 g/mol. The zero-order valence-electron chi connectivity index (χ0n) is 11.9. The van der Waals surface area contributed by atoms with Crippen molar-refractivity contribution in [2.24, 2.45) is 5.73 Å². The van der Waals surface area contributed by atoms with Gasteiger partial charge in [-0.15, -0.1) is 12.4 Å². The summed E-state index contributed by atoms with van der Waals surface area (Å²) in [7, 11) is 0. The second kappa shape index (κ2) is 7.44. The molecule has 2 atom stereocenters. The van der Waals surface area contributed by atoms with Crippen molar-refractivity contribution in [1.29, 1.82) is 0 Å². The maximum atomic E-state index is 10.3. The predicted molar refractivity (Wildman–Crippen MR) is 86.2 cm³/mol. The number of aliphatic hydroxyl groups is 1. The first kappa shape index (κ1) is 16.7. The molecule has 0 spiro atoms. The average Bonchev–Trinajstić information content (AvgIpc) is 2.42. The van der Waals surface area contributed by atoms with Crippen LogP contribution in [-0.4, -0.2) is 11.2 Å². The van der Waals surface area contributed by atoms with Crippen LogP contribution in [0.25, 0.3) is 0 Å². The van der Waals surface area contributed by atoms with E-state index in [4.69, 9.17) is 5.73 Å². The van der Waals surface area contributed by atoms with E-state index in [1.807, 2.05) is 36.4 Å². The Balaban J connectivity index is 0.00000200. The summed E-state index contributed by atoms with van der Waals surface area (Å²) in [5, 5.41) is 10.3. The van der Waals surface area contributed by atoms with E-state index in [9.17, 15) is 5.11 Å². The van der Waals surface area contributed by atoms with E-state index in [0.717, 1.165) is 11.1 Å². The summed E-state index contributed by atoms with van der Waals surface area (Å²) < 4.78 is 0. The Labute approximate surface area is 127 Å². The number of aliphatic hydroxyl groups excluding tert-OH is 1. The fourth-order valence-electron chi connectivity index (χ4n) is 2.18. The molecular formula is C17H22ClNO. The van der Waals surface area contributed by atoms with Gasteiger partial charge in [0.1, 0.15) is 0 Å². The highest BCUT2D eigenvalue weighted by molar-refractivity contribution is 5.85. The third-order valence-electron chi connectivity index (χ3n) is 3.62. The quantitative estimate of drug-likeness (QED) is 0.908. The van der Waals surface area contributed by atoms with E-state index in [1.54, 1.807) is 0 Å². The highest BCUT2D eigenvalue weighted by Gasteiger charge is 2.17. The molecule has 20 heavy (non-hydrogen) atoms. The Morgan fingerprint density at radius 1 is 1.00 bits per heavy atom. The van der Waals surface area contributed by atoms with Gasteiger partial charge in [0.05, 0.1) is 12.1 Å². The van der Waals surface area contributed by atoms with Crippen LogP contribution in [0.1, 0.15) is 28.3 Å². The van der Waals surface area contributed by atoms with E-state index in [0.29, 0.717) is 6.42 Å². The molecule has 108 valence electrons.